The Labute approximate surface area is 505 Å². The first-order valence-electron chi connectivity index (χ1n) is 34.0. The third-order valence-electron chi connectivity index (χ3n) is 16.4. The molecule has 2 aliphatic rings. The Bertz CT molecular complexity index is 1620. The van der Waals surface area contributed by atoms with Gasteiger partial charge >= 0.3 is 0 Å². The molecule has 0 saturated carbocycles. The van der Waals surface area contributed by atoms with Crippen molar-refractivity contribution in [1.82, 2.24) is 5.32 Å². The summed E-state index contributed by atoms with van der Waals surface area (Å²) in [6.07, 6.45) is 54.2. The van der Waals surface area contributed by atoms with Gasteiger partial charge in [0.05, 0.1) is 32.0 Å². The molecule has 0 bridgehead atoms. The van der Waals surface area contributed by atoms with E-state index in [9.17, 15) is 45.6 Å². The largest absolute Gasteiger partial charge is 0.394 e. The van der Waals surface area contributed by atoms with Gasteiger partial charge in [0.2, 0.25) is 5.91 Å². The van der Waals surface area contributed by atoms with Gasteiger partial charge in [0.25, 0.3) is 0 Å². The van der Waals surface area contributed by atoms with E-state index in [2.05, 4.69) is 67.8 Å². The standard InChI is InChI=1S/C69H125NO13/c1-3-5-7-9-11-13-15-17-19-21-22-23-24-25-26-27-28-29-30-31-32-33-34-35-36-37-39-41-43-45-47-49-51-53-61(74)70-57(58(73)52-50-48-46-44-42-40-38-20-18-16-14-12-10-8-6-4-2)56-80-68-66(79)64(77)67(60(55-72)82-68)83-69-65(78)63(76)62(75)59(54-71)81-69/h15,17,21-22,24-25,42,44,50,52,57-60,62-69,71-73,75-79H,3-14,16,18-20,23,26-41,43,45-49,51,53-56H2,1-2H3,(H,70,74)/b17-15-,22-21-,25-24-,44-42+,52-50+. The molecule has 0 aliphatic carbocycles. The van der Waals surface area contributed by atoms with Crippen LogP contribution < -0.4 is 5.32 Å². The van der Waals surface area contributed by atoms with Crippen molar-refractivity contribution in [2.75, 3.05) is 19.8 Å². The second-order valence-electron chi connectivity index (χ2n) is 23.9. The van der Waals surface area contributed by atoms with Gasteiger partial charge in [-0.3, -0.25) is 4.79 Å². The molecule has 9 N–H and O–H groups in total. The predicted octanol–water partition coefficient (Wildman–Crippen LogP) is 13.3. The molecule has 0 radical (unpaired) electrons. The molecule has 2 fully saturated rings. The van der Waals surface area contributed by atoms with Crippen LogP contribution in [0, 0.1) is 0 Å². The molecule has 0 spiro atoms. The average Bonchev–Trinajstić information content (AvgIpc) is 3.63. The number of carbonyl (C=O) groups is 1. The van der Waals surface area contributed by atoms with Crippen molar-refractivity contribution in [2.24, 2.45) is 0 Å². The van der Waals surface area contributed by atoms with Crippen LogP contribution in [0.3, 0.4) is 0 Å². The number of allylic oxidation sites excluding steroid dienone is 9. The number of nitrogens with one attached hydrogen (secondary N) is 1. The summed E-state index contributed by atoms with van der Waals surface area (Å²) in [6, 6.07) is -0.932. The number of aliphatic hydroxyl groups is 8. The van der Waals surface area contributed by atoms with Crippen LogP contribution in [0.1, 0.15) is 277 Å². The number of ether oxygens (including phenoxy) is 4. The van der Waals surface area contributed by atoms with Gasteiger partial charge in [-0.05, 0) is 70.6 Å². The summed E-state index contributed by atoms with van der Waals surface area (Å²) in [7, 11) is 0. The number of hydrogen-bond acceptors (Lipinski definition) is 13. The maximum absolute atomic E-state index is 13.3. The van der Waals surface area contributed by atoms with E-state index in [4.69, 9.17) is 18.9 Å². The molecule has 0 aromatic carbocycles. The van der Waals surface area contributed by atoms with Gasteiger partial charge in [-0.15, -0.1) is 0 Å². The first-order valence-corrected chi connectivity index (χ1v) is 34.0. The van der Waals surface area contributed by atoms with Crippen LogP contribution in [0.25, 0.3) is 0 Å². The molecule has 484 valence electrons. The molecule has 12 unspecified atom stereocenters. The highest BCUT2D eigenvalue weighted by Crippen LogP contribution is 2.30. The van der Waals surface area contributed by atoms with Gasteiger partial charge in [-0.1, -0.05) is 261 Å². The summed E-state index contributed by atoms with van der Waals surface area (Å²) in [5, 5.41) is 87.2. The van der Waals surface area contributed by atoms with Crippen LogP contribution in [-0.2, 0) is 23.7 Å². The quantitative estimate of drug-likeness (QED) is 0.0204. The molecule has 2 rings (SSSR count). The fourth-order valence-electron chi connectivity index (χ4n) is 11.0. The van der Waals surface area contributed by atoms with E-state index in [1.165, 1.54) is 199 Å². The van der Waals surface area contributed by atoms with Gasteiger partial charge in [-0.2, -0.15) is 0 Å². The highest BCUT2D eigenvalue weighted by Gasteiger charge is 2.51. The predicted molar refractivity (Wildman–Crippen MR) is 337 cm³/mol. The summed E-state index contributed by atoms with van der Waals surface area (Å²) in [6.45, 7) is 2.78. The van der Waals surface area contributed by atoms with Crippen LogP contribution in [0.15, 0.2) is 60.8 Å². The maximum atomic E-state index is 13.3. The SMILES string of the molecule is CCCCCCC/C=C\C/C=C\C/C=C\CCCCCCCCCCCCCCCCCCCCC(=O)NC(COC1OC(CO)C(OC2OC(CO)C(O)C(O)C2O)C(O)C1O)C(O)/C=C/CC/C=C/CCCCCCCCCCCC. The molecule has 2 aliphatic heterocycles. The van der Waals surface area contributed by atoms with E-state index in [0.29, 0.717) is 12.8 Å². The Morgan fingerprint density at radius 3 is 1.27 bits per heavy atom. The van der Waals surface area contributed by atoms with Crippen molar-refractivity contribution in [2.45, 2.75) is 351 Å². The van der Waals surface area contributed by atoms with Crippen molar-refractivity contribution >= 4 is 5.91 Å². The molecule has 14 heteroatoms. The highest BCUT2D eigenvalue weighted by molar-refractivity contribution is 5.76. The summed E-state index contributed by atoms with van der Waals surface area (Å²) >= 11 is 0. The van der Waals surface area contributed by atoms with Crippen LogP contribution in [0.4, 0.5) is 0 Å². The van der Waals surface area contributed by atoms with Crippen LogP contribution in [0.5, 0.6) is 0 Å². The van der Waals surface area contributed by atoms with Gasteiger partial charge < -0.3 is 65.1 Å². The fourth-order valence-corrected chi connectivity index (χ4v) is 11.0. The van der Waals surface area contributed by atoms with Crippen LogP contribution in [0.2, 0.25) is 0 Å². The summed E-state index contributed by atoms with van der Waals surface area (Å²) in [5.41, 5.74) is 0. The molecule has 83 heavy (non-hydrogen) atoms. The first kappa shape index (κ1) is 76.8. The third kappa shape index (κ3) is 38.6. The highest BCUT2D eigenvalue weighted by atomic mass is 16.7. The van der Waals surface area contributed by atoms with E-state index < -0.39 is 86.8 Å². The van der Waals surface area contributed by atoms with E-state index in [1.807, 2.05) is 6.08 Å². The monoisotopic (exact) mass is 1180 g/mol. The summed E-state index contributed by atoms with van der Waals surface area (Å²) in [4.78, 5) is 13.3. The molecule has 0 aromatic rings. The van der Waals surface area contributed by atoms with Crippen molar-refractivity contribution in [3.63, 3.8) is 0 Å². The lowest BCUT2D eigenvalue weighted by atomic mass is 9.97. The number of unbranched alkanes of at least 4 members (excludes halogenated alkanes) is 34. The van der Waals surface area contributed by atoms with Gasteiger partial charge in [0.15, 0.2) is 12.6 Å². The Balaban J connectivity index is 1.65. The number of aliphatic hydroxyl groups excluding tert-OH is 8. The smallest absolute Gasteiger partial charge is 0.220 e. The Morgan fingerprint density at radius 2 is 0.807 bits per heavy atom. The van der Waals surface area contributed by atoms with Crippen molar-refractivity contribution in [3.8, 4) is 0 Å². The third-order valence-corrected chi connectivity index (χ3v) is 16.4. The van der Waals surface area contributed by atoms with Crippen LogP contribution >= 0.6 is 0 Å². The Hall–Kier alpha value is -2.31. The lowest BCUT2D eigenvalue weighted by molar-refractivity contribution is -0.359. The fraction of sp³-hybridized carbons (Fsp3) is 0.841. The van der Waals surface area contributed by atoms with Gasteiger partial charge in [-0.25, -0.2) is 0 Å². The maximum Gasteiger partial charge on any atom is 0.220 e. The minimum absolute atomic E-state index is 0.247. The molecular formula is C69H125NO13. The van der Waals surface area contributed by atoms with Crippen molar-refractivity contribution in [1.29, 1.82) is 0 Å². The lowest BCUT2D eigenvalue weighted by Crippen LogP contribution is -2.65. The van der Waals surface area contributed by atoms with Crippen molar-refractivity contribution in [3.05, 3.63) is 60.8 Å². The zero-order valence-corrected chi connectivity index (χ0v) is 52.4. The van der Waals surface area contributed by atoms with E-state index in [1.54, 1.807) is 6.08 Å². The normalized spacial score (nSPS) is 24.2. The topological polar surface area (TPSA) is 228 Å². The molecule has 2 saturated heterocycles. The average molecular weight is 1180 g/mol. The number of hydrogen-bond donors (Lipinski definition) is 9. The Morgan fingerprint density at radius 1 is 0.434 bits per heavy atom. The second kappa shape index (κ2) is 53.9. The Kier molecular flexibility index (Phi) is 49.9. The number of carbonyl (C=O) groups excluding carboxylic acids is 1. The minimum atomic E-state index is -1.79. The van der Waals surface area contributed by atoms with E-state index in [-0.39, 0.29) is 18.9 Å². The molecule has 12 atom stereocenters. The molecule has 2 heterocycles. The zero-order valence-electron chi connectivity index (χ0n) is 52.4. The van der Waals surface area contributed by atoms with Crippen LogP contribution in [-0.4, -0.2) is 140 Å². The second-order valence-corrected chi connectivity index (χ2v) is 23.9. The first-order chi connectivity index (χ1) is 40.6. The summed E-state index contributed by atoms with van der Waals surface area (Å²) in [5.74, 6) is -0.247. The van der Waals surface area contributed by atoms with Crippen molar-refractivity contribution < 1.29 is 64.6 Å². The number of rotatable bonds is 55. The van der Waals surface area contributed by atoms with E-state index >= 15 is 0 Å². The van der Waals surface area contributed by atoms with E-state index in [0.717, 1.165) is 44.9 Å². The zero-order chi connectivity index (χ0) is 60.2. The molecule has 0 aromatic heterocycles. The molecule has 1 amide bonds. The molecular weight excluding hydrogens is 1050 g/mol. The van der Waals surface area contributed by atoms with Gasteiger partial charge in [0, 0.05) is 6.42 Å². The lowest BCUT2D eigenvalue weighted by Gasteiger charge is -2.46. The van der Waals surface area contributed by atoms with Gasteiger partial charge in [0.1, 0.15) is 48.8 Å². The summed E-state index contributed by atoms with van der Waals surface area (Å²) < 4.78 is 22.8. The number of amides is 1. The minimum Gasteiger partial charge on any atom is -0.394 e. The molecule has 14 nitrogen and oxygen atoms in total.